The quantitative estimate of drug-likeness (QED) is 0.654. The fourth-order valence-electron chi connectivity index (χ4n) is 1.98. The minimum absolute atomic E-state index is 0.00359. The van der Waals surface area contributed by atoms with Gasteiger partial charge in [-0.3, -0.25) is 0 Å². The number of hydrogen-bond acceptors (Lipinski definition) is 2. The van der Waals surface area contributed by atoms with Gasteiger partial charge in [0.2, 0.25) is 0 Å². The Morgan fingerprint density at radius 3 is 2.33 bits per heavy atom. The SMILES string of the molecule is CC1COCCC1Nc1c(F)c(F)cc(F)c1F. The first-order valence-corrected chi connectivity index (χ1v) is 5.68. The molecule has 2 nitrogen and oxygen atoms in total. The molecule has 1 aromatic rings. The van der Waals surface area contributed by atoms with E-state index in [9.17, 15) is 17.6 Å². The minimum atomic E-state index is -1.41. The molecule has 0 spiro atoms. The van der Waals surface area contributed by atoms with Crippen LogP contribution in [0.5, 0.6) is 0 Å². The summed E-state index contributed by atoms with van der Waals surface area (Å²) in [5, 5.41) is 2.54. The normalized spacial score (nSPS) is 24.1. The molecule has 0 amide bonds. The Labute approximate surface area is 102 Å². The summed E-state index contributed by atoms with van der Waals surface area (Å²) in [6.45, 7) is 2.73. The third-order valence-electron chi connectivity index (χ3n) is 3.08. The largest absolute Gasteiger partial charge is 0.381 e. The van der Waals surface area contributed by atoms with Gasteiger partial charge in [-0.1, -0.05) is 6.92 Å². The molecule has 0 radical (unpaired) electrons. The minimum Gasteiger partial charge on any atom is -0.381 e. The molecule has 2 rings (SSSR count). The maximum atomic E-state index is 13.4. The van der Waals surface area contributed by atoms with Gasteiger partial charge in [0.15, 0.2) is 23.3 Å². The number of halogens is 4. The van der Waals surface area contributed by atoms with Crippen LogP contribution in [0, 0.1) is 29.2 Å². The van der Waals surface area contributed by atoms with E-state index in [1.807, 2.05) is 6.92 Å². The molecule has 0 aliphatic carbocycles. The van der Waals surface area contributed by atoms with Crippen LogP contribution >= 0.6 is 0 Å². The molecule has 1 N–H and O–H groups in total. The van der Waals surface area contributed by atoms with Crippen molar-refractivity contribution >= 4 is 5.69 Å². The zero-order valence-corrected chi connectivity index (χ0v) is 9.77. The molecule has 0 bridgehead atoms. The maximum Gasteiger partial charge on any atom is 0.185 e. The predicted octanol–water partition coefficient (Wildman–Crippen LogP) is 3.08. The van der Waals surface area contributed by atoms with Gasteiger partial charge in [-0.25, -0.2) is 17.6 Å². The van der Waals surface area contributed by atoms with E-state index in [1.165, 1.54) is 0 Å². The second-order valence-corrected chi connectivity index (χ2v) is 4.43. The number of ether oxygens (including phenoxy) is 1. The molecule has 0 aromatic heterocycles. The van der Waals surface area contributed by atoms with E-state index in [0.717, 1.165) is 0 Å². The van der Waals surface area contributed by atoms with Gasteiger partial charge in [0.05, 0.1) is 6.61 Å². The molecule has 1 aliphatic rings. The molecule has 1 aromatic carbocycles. The van der Waals surface area contributed by atoms with Crippen LogP contribution in [0.15, 0.2) is 6.07 Å². The van der Waals surface area contributed by atoms with Gasteiger partial charge in [-0.05, 0) is 12.3 Å². The van der Waals surface area contributed by atoms with Gasteiger partial charge in [0.25, 0.3) is 0 Å². The highest BCUT2D eigenvalue weighted by atomic mass is 19.2. The molecule has 100 valence electrons. The lowest BCUT2D eigenvalue weighted by molar-refractivity contribution is 0.0536. The highest BCUT2D eigenvalue weighted by Crippen LogP contribution is 2.27. The van der Waals surface area contributed by atoms with Crippen LogP contribution in [0.25, 0.3) is 0 Å². The maximum absolute atomic E-state index is 13.4. The van der Waals surface area contributed by atoms with Crippen molar-refractivity contribution in [1.29, 1.82) is 0 Å². The first-order chi connectivity index (χ1) is 8.50. The zero-order chi connectivity index (χ0) is 13.3. The number of hydrogen-bond donors (Lipinski definition) is 1. The van der Waals surface area contributed by atoms with Crippen LogP contribution in [0.4, 0.5) is 23.2 Å². The highest BCUT2D eigenvalue weighted by Gasteiger charge is 2.26. The van der Waals surface area contributed by atoms with Crippen molar-refractivity contribution < 1.29 is 22.3 Å². The Balaban J connectivity index is 2.28. The summed E-state index contributed by atoms with van der Waals surface area (Å²) in [6.07, 6.45) is 0.526. The Bertz CT molecular complexity index is 426. The topological polar surface area (TPSA) is 21.3 Å². The standard InChI is InChI=1S/C12H13F4NO/c1-6-5-18-3-2-9(6)17-12-10(15)7(13)4-8(14)11(12)16/h4,6,9,17H,2-3,5H2,1H3. The first kappa shape index (κ1) is 13.1. The van der Waals surface area contributed by atoms with E-state index in [-0.39, 0.29) is 18.0 Å². The Morgan fingerprint density at radius 2 is 1.78 bits per heavy atom. The summed E-state index contributed by atoms with van der Waals surface area (Å²) in [4.78, 5) is 0. The molecule has 1 heterocycles. The van der Waals surface area contributed by atoms with Crippen molar-refractivity contribution in [2.45, 2.75) is 19.4 Å². The van der Waals surface area contributed by atoms with Gasteiger partial charge < -0.3 is 10.1 Å². The van der Waals surface area contributed by atoms with Crippen LogP contribution in [-0.4, -0.2) is 19.3 Å². The van der Waals surface area contributed by atoms with E-state index in [4.69, 9.17) is 4.74 Å². The molecule has 1 saturated heterocycles. The van der Waals surface area contributed by atoms with Crippen LogP contribution in [-0.2, 0) is 4.74 Å². The zero-order valence-electron chi connectivity index (χ0n) is 9.77. The van der Waals surface area contributed by atoms with Crippen molar-refractivity contribution in [3.63, 3.8) is 0 Å². The van der Waals surface area contributed by atoms with E-state index < -0.39 is 29.0 Å². The molecular weight excluding hydrogens is 250 g/mol. The van der Waals surface area contributed by atoms with Gasteiger partial charge >= 0.3 is 0 Å². The number of benzene rings is 1. The fraction of sp³-hybridized carbons (Fsp3) is 0.500. The second-order valence-electron chi connectivity index (χ2n) is 4.43. The van der Waals surface area contributed by atoms with Crippen molar-refractivity contribution in [2.24, 2.45) is 5.92 Å². The van der Waals surface area contributed by atoms with Gasteiger partial charge in [0.1, 0.15) is 5.69 Å². The third-order valence-corrected chi connectivity index (χ3v) is 3.08. The van der Waals surface area contributed by atoms with Crippen molar-refractivity contribution in [1.82, 2.24) is 0 Å². The molecule has 1 fully saturated rings. The lowest BCUT2D eigenvalue weighted by Gasteiger charge is -2.30. The predicted molar refractivity (Wildman–Crippen MR) is 58.3 cm³/mol. The third kappa shape index (κ3) is 2.43. The molecule has 18 heavy (non-hydrogen) atoms. The lowest BCUT2D eigenvalue weighted by Crippen LogP contribution is -2.36. The van der Waals surface area contributed by atoms with Gasteiger partial charge in [-0.15, -0.1) is 0 Å². The van der Waals surface area contributed by atoms with Gasteiger partial charge in [0, 0.05) is 18.7 Å². The molecule has 2 atom stereocenters. The molecule has 2 unspecified atom stereocenters. The second kappa shape index (κ2) is 5.14. The van der Waals surface area contributed by atoms with Crippen molar-refractivity contribution in [2.75, 3.05) is 18.5 Å². The first-order valence-electron chi connectivity index (χ1n) is 5.68. The van der Waals surface area contributed by atoms with Crippen LogP contribution in [0.3, 0.4) is 0 Å². The summed E-state index contributed by atoms with van der Waals surface area (Å²) in [5.74, 6) is -5.60. The molecule has 0 saturated carbocycles. The summed E-state index contributed by atoms with van der Waals surface area (Å²) >= 11 is 0. The molecule has 6 heteroatoms. The average molecular weight is 263 g/mol. The summed E-state index contributed by atoms with van der Waals surface area (Å²) in [6, 6.07) is -0.0764. The van der Waals surface area contributed by atoms with Crippen LogP contribution in [0.2, 0.25) is 0 Å². The average Bonchev–Trinajstić information content (AvgIpc) is 2.34. The Morgan fingerprint density at radius 1 is 1.17 bits per heavy atom. The molecular formula is C12H13F4NO. The van der Waals surface area contributed by atoms with Gasteiger partial charge in [-0.2, -0.15) is 0 Å². The van der Waals surface area contributed by atoms with E-state index in [2.05, 4.69) is 5.32 Å². The Kier molecular flexibility index (Phi) is 3.75. The van der Waals surface area contributed by atoms with Crippen molar-refractivity contribution in [3.05, 3.63) is 29.3 Å². The van der Waals surface area contributed by atoms with E-state index in [0.29, 0.717) is 19.6 Å². The summed E-state index contributed by atoms with van der Waals surface area (Å²) in [5.41, 5.74) is -0.744. The van der Waals surface area contributed by atoms with Crippen LogP contribution < -0.4 is 5.32 Å². The summed E-state index contributed by atoms with van der Waals surface area (Å²) in [7, 11) is 0. The smallest absolute Gasteiger partial charge is 0.185 e. The molecule has 1 aliphatic heterocycles. The summed E-state index contributed by atoms with van der Waals surface area (Å²) < 4.78 is 58.1. The lowest BCUT2D eigenvalue weighted by atomic mass is 9.97. The van der Waals surface area contributed by atoms with Crippen molar-refractivity contribution in [3.8, 4) is 0 Å². The van der Waals surface area contributed by atoms with E-state index >= 15 is 0 Å². The fourth-order valence-corrected chi connectivity index (χ4v) is 1.98. The number of nitrogens with one attached hydrogen (secondary N) is 1. The number of rotatable bonds is 2. The van der Waals surface area contributed by atoms with E-state index in [1.54, 1.807) is 0 Å². The Hall–Kier alpha value is -1.30. The monoisotopic (exact) mass is 263 g/mol. The highest BCUT2D eigenvalue weighted by molar-refractivity contribution is 5.48. The van der Waals surface area contributed by atoms with Crippen LogP contribution in [0.1, 0.15) is 13.3 Å². The number of anilines is 1.